The van der Waals surface area contributed by atoms with Gasteiger partial charge in [-0.25, -0.2) is 0 Å². The average Bonchev–Trinajstić information content (AvgIpc) is 2.32. The number of hydrogen-bond acceptors (Lipinski definition) is 2. The van der Waals surface area contributed by atoms with Crippen molar-refractivity contribution in [3.8, 4) is 0 Å². The molecular formula is C14H19Cl2NO. The van der Waals surface area contributed by atoms with Crippen LogP contribution in [0.5, 0.6) is 0 Å². The van der Waals surface area contributed by atoms with Gasteiger partial charge in [0.25, 0.3) is 0 Å². The van der Waals surface area contributed by atoms with Gasteiger partial charge in [0.05, 0.1) is 6.10 Å². The van der Waals surface area contributed by atoms with E-state index in [9.17, 15) is 5.11 Å². The summed E-state index contributed by atoms with van der Waals surface area (Å²) in [7, 11) is 0. The molecule has 4 heteroatoms. The van der Waals surface area contributed by atoms with E-state index in [4.69, 9.17) is 23.2 Å². The van der Waals surface area contributed by atoms with Gasteiger partial charge < -0.3 is 10.4 Å². The summed E-state index contributed by atoms with van der Waals surface area (Å²) in [6.07, 6.45) is 3.76. The van der Waals surface area contributed by atoms with Crippen molar-refractivity contribution in [2.75, 3.05) is 0 Å². The van der Waals surface area contributed by atoms with E-state index in [1.54, 1.807) is 6.07 Å². The van der Waals surface area contributed by atoms with Crippen molar-refractivity contribution in [3.63, 3.8) is 0 Å². The van der Waals surface area contributed by atoms with Crippen molar-refractivity contribution in [1.29, 1.82) is 0 Å². The first-order valence-corrected chi connectivity index (χ1v) is 7.21. The summed E-state index contributed by atoms with van der Waals surface area (Å²) >= 11 is 12.2. The lowest BCUT2D eigenvalue weighted by molar-refractivity contribution is 0.109. The summed E-state index contributed by atoms with van der Waals surface area (Å²) in [6, 6.07) is 6.03. The quantitative estimate of drug-likeness (QED) is 0.882. The molecule has 1 aliphatic carbocycles. The molecule has 3 atom stereocenters. The van der Waals surface area contributed by atoms with E-state index < -0.39 is 0 Å². The lowest BCUT2D eigenvalue weighted by Crippen LogP contribution is -2.37. The van der Waals surface area contributed by atoms with Crippen molar-refractivity contribution in [2.45, 2.75) is 50.8 Å². The molecule has 18 heavy (non-hydrogen) atoms. The highest BCUT2D eigenvalue weighted by atomic mass is 35.5. The summed E-state index contributed by atoms with van der Waals surface area (Å²) in [5.41, 5.74) is 1.02. The Balaban J connectivity index is 2.02. The summed E-state index contributed by atoms with van der Waals surface area (Å²) in [6.45, 7) is 2.08. The molecule has 0 amide bonds. The molecule has 0 saturated heterocycles. The Morgan fingerprint density at radius 1 is 1.33 bits per heavy atom. The van der Waals surface area contributed by atoms with Crippen LogP contribution in [0.3, 0.4) is 0 Å². The van der Waals surface area contributed by atoms with Crippen LogP contribution in [0.25, 0.3) is 0 Å². The smallest absolute Gasteiger partial charge is 0.0555 e. The van der Waals surface area contributed by atoms with Gasteiger partial charge in [0.2, 0.25) is 0 Å². The number of halogens is 2. The minimum Gasteiger partial charge on any atom is -0.393 e. The molecule has 0 radical (unpaired) electrons. The molecule has 2 rings (SSSR count). The fourth-order valence-electron chi connectivity index (χ4n) is 2.61. The van der Waals surface area contributed by atoms with Crippen LogP contribution in [0.2, 0.25) is 10.0 Å². The van der Waals surface area contributed by atoms with Gasteiger partial charge in [-0.3, -0.25) is 0 Å². The van der Waals surface area contributed by atoms with Crippen molar-refractivity contribution in [2.24, 2.45) is 0 Å². The zero-order chi connectivity index (χ0) is 13.1. The largest absolute Gasteiger partial charge is 0.393 e. The van der Waals surface area contributed by atoms with Crippen LogP contribution in [0.4, 0.5) is 0 Å². The second kappa shape index (κ2) is 6.25. The number of benzene rings is 1. The molecule has 2 N–H and O–H groups in total. The van der Waals surface area contributed by atoms with Gasteiger partial charge in [-0.15, -0.1) is 0 Å². The van der Waals surface area contributed by atoms with Gasteiger partial charge in [-0.1, -0.05) is 23.2 Å². The fraction of sp³-hybridized carbons (Fsp3) is 0.571. The molecule has 1 aromatic rings. The Labute approximate surface area is 118 Å². The molecule has 1 aromatic carbocycles. The van der Waals surface area contributed by atoms with E-state index in [0.29, 0.717) is 11.1 Å². The van der Waals surface area contributed by atoms with Gasteiger partial charge in [0.1, 0.15) is 0 Å². The van der Waals surface area contributed by atoms with Gasteiger partial charge >= 0.3 is 0 Å². The number of aliphatic hydroxyl groups excluding tert-OH is 1. The van der Waals surface area contributed by atoms with Crippen LogP contribution < -0.4 is 5.32 Å². The number of aliphatic hydroxyl groups is 1. The third kappa shape index (κ3) is 3.61. The molecule has 3 unspecified atom stereocenters. The predicted molar refractivity (Wildman–Crippen MR) is 76.3 cm³/mol. The van der Waals surface area contributed by atoms with Crippen molar-refractivity contribution in [3.05, 3.63) is 33.8 Å². The van der Waals surface area contributed by atoms with Crippen LogP contribution >= 0.6 is 23.2 Å². The van der Waals surface area contributed by atoms with E-state index in [0.717, 1.165) is 36.3 Å². The standard InChI is InChI=1S/C14H19Cl2NO/c1-9(13-7-10(15)5-6-14(13)16)17-11-3-2-4-12(18)8-11/h5-7,9,11-12,17-18H,2-4,8H2,1H3. The maximum atomic E-state index is 9.67. The number of rotatable bonds is 3. The maximum Gasteiger partial charge on any atom is 0.0555 e. The topological polar surface area (TPSA) is 32.3 Å². The first-order valence-electron chi connectivity index (χ1n) is 6.45. The van der Waals surface area contributed by atoms with E-state index in [2.05, 4.69) is 12.2 Å². The summed E-state index contributed by atoms with van der Waals surface area (Å²) in [5.74, 6) is 0. The minimum atomic E-state index is -0.168. The third-order valence-electron chi connectivity index (χ3n) is 3.56. The zero-order valence-corrected chi connectivity index (χ0v) is 12.0. The summed E-state index contributed by atoms with van der Waals surface area (Å²) < 4.78 is 0. The first-order chi connectivity index (χ1) is 8.56. The first kappa shape index (κ1) is 14.1. The Morgan fingerprint density at radius 2 is 2.11 bits per heavy atom. The average molecular weight is 288 g/mol. The lowest BCUT2D eigenvalue weighted by Gasteiger charge is -2.30. The lowest BCUT2D eigenvalue weighted by atomic mass is 9.92. The van der Waals surface area contributed by atoms with Crippen molar-refractivity contribution in [1.82, 2.24) is 5.32 Å². The molecule has 100 valence electrons. The van der Waals surface area contributed by atoms with Gasteiger partial charge in [0, 0.05) is 22.1 Å². The molecule has 1 fully saturated rings. The Kier molecular flexibility index (Phi) is 4.91. The van der Waals surface area contributed by atoms with Crippen LogP contribution in [-0.4, -0.2) is 17.3 Å². The molecule has 2 nitrogen and oxygen atoms in total. The second-order valence-corrected chi connectivity index (χ2v) is 5.92. The molecule has 1 aliphatic rings. The normalized spacial score (nSPS) is 26.0. The van der Waals surface area contributed by atoms with Crippen LogP contribution in [0, 0.1) is 0 Å². The second-order valence-electron chi connectivity index (χ2n) is 5.07. The van der Waals surface area contributed by atoms with Gasteiger partial charge in [-0.2, -0.15) is 0 Å². The van der Waals surface area contributed by atoms with E-state index >= 15 is 0 Å². The zero-order valence-electron chi connectivity index (χ0n) is 10.5. The highest BCUT2D eigenvalue weighted by molar-refractivity contribution is 6.33. The van der Waals surface area contributed by atoms with E-state index in [1.165, 1.54) is 0 Å². The molecule has 1 saturated carbocycles. The Bertz CT molecular complexity index is 411. The predicted octanol–water partition coefficient (Wildman–Crippen LogP) is 3.95. The van der Waals surface area contributed by atoms with Crippen LogP contribution in [0.15, 0.2) is 18.2 Å². The third-order valence-corrected chi connectivity index (χ3v) is 4.14. The Morgan fingerprint density at radius 3 is 2.83 bits per heavy atom. The number of nitrogens with one attached hydrogen (secondary N) is 1. The van der Waals surface area contributed by atoms with Crippen molar-refractivity contribution < 1.29 is 5.11 Å². The van der Waals surface area contributed by atoms with Gasteiger partial charge in [0.15, 0.2) is 0 Å². The molecule has 0 aliphatic heterocycles. The summed E-state index contributed by atoms with van der Waals surface area (Å²) in [4.78, 5) is 0. The summed E-state index contributed by atoms with van der Waals surface area (Å²) in [5, 5.41) is 14.6. The Hall–Kier alpha value is -0.280. The fourth-order valence-corrected chi connectivity index (χ4v) is 3.07. The van der Waals surface area contributed by atoms with Gasteiger partial charge in [-0.05, 0) is 56.4 Å². The monoisotopic (exact) mass is 287 g/mol. The van der Waals surface area contributed by atoms with Crippen LogP contribution in [-0.2, 0) is 0 Å². The molecular weight excluding hydrogens is 269 g/mol. The molecule has 0 aromatic heterocycles. The molecule has 0 heterocycles. The highest BCUT2D eigenvalue weighted by Gasteiger charge is 2.22. The number of hydrogen-bond donors (Lipinski definition) is 2. The highest BCUT2D eigenvalue weighted by Crippen LogP contribution is 2.28. The SMILES string of the molecule is CC(NC1CCCC(O)C1)c1cc(Cl)ccc1Cl. The van der Waals surface area contributed by atoms with Crippen LogP contribution in [0.1, 0.15) is 44.2 Å². The van der Waals surface area contributed by atoms with E-state index in [-0.39, 0.29) is 12.1 Å². The van der Waals surface area contributed by atoms with E-state index in [1.807, 2.05) is 12.1 Å². The minimum absolute atomic E-state index is 0.145. The van der Waals surface area contributed by atoms with Crippen molar-refractivity contribution >= 4 is 23.2 Å². The maximum absolute atomic E-state index is 9.67. The molecule has 0 spiro atoms. The molecule has 0 bridgehead atoms.